The maximum absolute atomic E-state index is 5.48. The molecule has 0 spiro atoms. The lowest BCUT2D eigenvalue weighted by molar-refractivity contribution is -0.0179. The van der Waals surface area contributed by atoms with Crippen LogP contribution in [0.2, 0.25) is 0 Å². The van der Waals surface area contributed by atoms with Gasteiger partial charge in [-0.1, -0.05) is 0 Å². The average molecular weight is 268 g/mol. The second-order valence-corrected chi connectivity index (χ2v) is 7.89. The average Bonchev–Trinajstić information content (AvgIpc) is 2.78. The van der Waals surface area contributed by atoms with Crippen molar-refractivity contribution in [3.05, 3.63) is 0 Å². The number of nitrogens with zero attached hydrogens (tertiary/aromatic N) is 2. The van der Waals surface area contributed by atoms with Crippen LogP contribution >= 0.6 is 0 Å². The molecule has 2 rings (SSSR count). The minimum atomic E-state index is 0.322. The van der Waals surface area contributed by atoms with Gasteiger partial charge in [0.2, 0.25) is 0 Å². The first-order valence-corrected chi connectivity index (χ1v) is 7.87. The fourth-order valence-electron chi connectivity index (χ4n) is 3.61. The first-order chi connectivity index (χ1) is 8.79. The number of hydrogen-bond donors (Lipinski definition) is 0. The van der Waals surface area contributed by atoms with Crippen molar-refractivity contribution in [2.24, 2.45) is 5.92 Å². The van der Waals surface area contributed by atoms with Crippen LogP contribution in [0.4, 0.5) is 0 Å². The summed E-state index contributed by atoms with van der Waals surface area (Å²) < 4.78 is 5.48. The summed E-state index contributed by atoms with van der Waals surface area (Å²) in [5.74, 6) is 0.858. The van der Waals surface area contributed by atoms with Crippen LogP contribution in [0.5, 0.6) is 0 Å². The Morgan fingerprint density at radius 2 is 1.58 bits per heavy atom. The van der Waals surface area contributed by atoms with Crippen LogP contribution < -0.4 is 0 Å². The Balaban J connectivity index is 1.87. The molecule has 2 aliphatic rings. The van der Waals surface area contributed by atoms with Crippen LogP contribution in [0.15, 0.2) is 0 Å². The van der Waals surface area contributed by atoms with E-state index in [4.69, 9.17) is 4.74 Å². The van der Waals surface area contributed by atoms with Crippen molar-refractivity contribution in [3.8, 4) is 0 Å². The highest BCUT2D eigenvalue weighted by Crippen LogP contribution is 2.32. The van der Waals surface area contributed by atoms with Gasteiger partial charge in [0.1, 0.15) is 0 Å². The van der Waals surface area contributed by atoms with Crippen molar-refractivity contribution in [1.82, 2.24) is 9.80 Å². The third-order valence-electron chi connectivity index (χ3n) is 4.89. The maximum atomic E-state index is 5.48. The Morgan fingerprint density at radius 3 is 2.11 bits per heavy atom. The SMILES string of the molecule is CC(C)(C)N1CCC(CC(C)(C)N2CCOCC2)C1. The fourth-order valence-corrected chi connectivity index (χ4v) is 3.61. The summed E-state index contributed by atoms with van der Waals surface area (Å²) in [7, 11) is 0. The molecule has 0 saturated carbocycles. The molecule has 1 unspecified atom stereocenters. The highest BCUT2D eigenvalue weighted by atomic mass is 16.5. The molecule has 0 aliphatic carbocycles. The van der Waals surface area contributed by atoms with Crippen LogP contribution in [-0.2, 0) is 4.74 Å². The largest absolute Gasteiger partial charge is 0.379 e. The third-order valence-corrected chi connectivity index (χ3v) is 4.89. The molecule has 2 heterocycles. The van der Waals surface area contributed by atoms with E-state index in [1.807, 2.05) is 0 Å². The minimum absolute atomic E-state index is 0.322. The summed E-state index contributed by atoms with van der Waals surface area (Å²) in [4.78, 5) is 5.27. The molecule has 0 bridgehead atoms. The van der Waals surface area contributed by atoms with Gasteiger partial charge < -0.3 is 4.74 Å². The van der Waals surface area contributed by atoms with Gasteiger partial charge >= 0.3 is 0 Å². The second kappa shape index (κ2) is 5.71. The van der Waals surface area contributed by atoms with E-state index in [2.05, 4.69) is 44.4 Å². The van der Waals surface area contributed by atoms with Gasteiger partial charge in [0, 0.05) is 30.7 Å². The molecule has 3 heteroatoms. The highest BCUT2D eigenvalue weighted by molar-refractivity contribution is 4.91. The van der Waals surface area contributed by atoms with E-state index in [0.717, 1.165) is 32.2 Å². The van der Waals surface area contributed by atoms with Crippen molar-refractivity contribution in [1.29, 1.82) is 0 Å². The predicted octanol–water partition coefficient (Wildman–Crippen LogP) is 2.61. The topological polar surface area (TPSA) is 15.7 Å². The number of hydrogen-bond acceptors (Lipinski definition) is 3. The number of likely N-dealkylation sites (tertiary alicyclic amines) is 1. The van der Waals surface area contributed by atoms with Crippen LogP contribution in [0, 0.1) is 5.92 Å². The first-order valence-electron chi connectivity index (χ1n) is 7.87. The van der Waals surface area contributed by atoms with E-state index in [1.165, 1.54) is 25.9 Å². The molecular formula is C16H32N2O. The molecule has 2 saturated heterocycles. The Bertz CT molecular complexity index is 290. The normalized spacial score (nSPS) is 27.9. The molecule has 3 nitrogen and oxygen atoms in total. The van der Waals surface area contributed by atoms with E-state index in [-0.39, 0.29) is 0 Å². The van der Waals surface area contributed by atoms with Crippen LogP contribution in [0.3, 0.4) is 0 Å². The summed E-state index contributed by atoms with van der Waals surface area (Å²) in [6, 6.07) is 0. The highest BCUT2D eigenvalue weighted by Gasteiger charge is 2.36. The van der Waals surface area contributed by atoms with Crippen molar-refractivity contribution < 1.29 is 4.74 Å². The van der Waals surface area contributed by atoms with Crippen molar-refractivity contribution in [2.75, 3.05) is 39.4 Å². The molecule has 0 aromatic heterocycles. The second-order valence-electron chi connectivity index (χ2n) is 7.89. The third kappa shape index (κ3) is 3.93. The molecule has 0 aromatic rings. The molecule has 0 N–H and O–H groups in total. The summed E-state index contributed by atoms with van der Waals surface area (Å²) in [6.07, 6.45) is 2.69. The van der Waals surface area contributed by atoms with E-state index in [0.29, 0.717) is 11.1 Å². The zero-order chi connectivity index (χ0) is 14.1. The van der Waals surface area contributed by atoms with E-state index in [9.17, 15) is 0 Å². The molecular weight excluding hydrogens is 236 g/mol. The zero-order valence-corrected chi connectivity index (χ0v) is 13.5. The minimum Gasteiger partial charge on any atom is -0.379 e. The van der Waals surface area contributed by atoms with Gasteiger partial charge in [0.25, 0.3) is 0 Å². The van der Waals surface area contributed by atoms with Gasteiger partial charge in [0.05, 0.1) is 13.2 Å². The Morgan fingerprint density at radius 1 is 0.947 bits per heavy atom. The Kier molecular flexibility index (Phi) is 4.59. The lowest BCUT2D eigenvalue weighted by atomic mass is 9.88. The lowest BCUT2D eigenvalue weighted by Gasteiger charge is -2.42. The van der Waals surface area contributed by atoms with E-state index >= 15 is 0 Å². The number of rotatable bonds is 3. The standard InChI is InChI=1S/C16H32N2O/c1-15(2,3)18-7-6-14(13-18)12-16(4,5)17-8-10-19-11-9-17/h14H,6-13H2,1-5H3. The van der Waals surface area contributed by atoms with Gasteiger partial charge in [-0.25, -0.2) is 0 Å². The molecule has 0 aromatic carbocycles. The van der Waals surface area contributed by atoms with Crippen LogP contribution in [-0.4, -0.2) is 60.3 Å². The zero-order valence-electron chi connectivity index (χ0n) is 13.5. The number of ether oxygens (including phenoxy) is 1. The van der Waals surface area contributed by atoms with Crippen LogP contribution in [0.1, 0.15) is 47.5 Å². The van der Waals surface area contributed by atoms with Gasteiger partial charge in [-0.15, -0.1) is 0 Å². The smallest absolute Gasteiger partial charge is 0.0594 e. The van der Waals surface area contributed by atoms with Crippen molar-refractivity contribution in [3.63, 3.8) is 0 Å². The van der Waals surface area contributed by atoms with Gasteiger partial charge in [-0.05, 0) is 59.9 Å². The first kappa shape index (κ1) is 15.3. The van der Waals surface area contributed by atoms with E-state index in [1.54, 1.807) is 0 Å². The maximum Gasteiger partial charge on any atom is 0.0594 e. The molecule has 0 radical (unpaired) electrons. The van der Waals surface area contributed by atoms with Gasteiger partial charge in [0.15, 0.2) is 0 Å². The van der Waals surface area contributed by atoms with E-state index < -0.39 is 0 Å². The summed E-state index contributed by atoms with van der Waals surface area (Å²) >= 11 is 0. The molecule has 112 valence electrons. The molecule has 0 amide bonds. The van der Waals surface area contributed by atoms with Gasteiger partial charge in [-0.2, -0.15) is 0 Å². The van der Waals surface area contributed by atoms with Crippen molar-refractivity contribution >= 4 is 0 Å². The summed E-state index contributed by atoms with van der Waals surface area (Å²) in [6.45, 7) is 18.4. The van der Waals surface area contributed by atoms with Crippen LogP contribution in [0.25, 0.3) is 0 Å². The predicted molar refractivity (Wildman–Crippen MR) is 80.5 cm³/mol. The summed E-state index contributed by atoms with van der Waals surface area (Å²) in [5, 5.41) is 0. The Hall–Kier alpha value is -0.120. The van der Waals surface area contributed by atoms with Crippen molar-refractivity contribution in [2.45, 2.75) is 58.5 Å². The quantitative estimate of drug-likeness (QED) is 0.782. The molecule has 2 fully saturated rings. The monoisotopic (exact) mass is 268 g/mol. The molecule has 19 heavy (non-hydrogen) atoms. The van der Waals surface area contributed by atoms with Gasteiger partial charge in [-0.3, -0.25) is 9.80 Å². The fraction of sp³-hybridized carbons (Fsp3) is 1.00. The molecule has 2 aliphatic heterocycles. The Labute approximate surface area is 119 Å². The molecule has 1 atom stereocenters. The number of morpholine rings is 1. The lowest BCUT2D eigenvalue weighted by Crippen LogP contribution is -2.51. The summed E-state index contributed by atoms with van der Waals surface area (Å²) in [5.41, 5.74) is 0.653.